The summed E-state index contributed by atoms with van der Waals surface area (Å²) in [6, 6.07) is 6.14. The van der Waals surface area contributed by atoms with E-state index >= 15 is 0 Å². The van der Waals surface area contributed by atoms with Gasteiger partial charge in [0.25, 0.3) is 0 Å². The first-order chi connectivity index (χ1) is 11.8. The Hall–Kier alpha value is -2.60. The molecule has 0 aliphatic heterocycles. The maximum Gasteiger partial charge on any atom is 0.340 e. The third-order valence-corrected chi connectivity index (χ3v) is 3.86. The van der Waals surface area contributed by atoms with Crippen molar-refractivity contribution in [3.05, 3.63) is 57.4 Å². The molecular weight excluding hydrogens is 346 g/mol. The maximum absolute atomic E-state index is 12.3. The zero-order valence-electron chi connectivity index (χ0n) is 14.1. The van der Waals surface area contributed by atoms with E-state index < -0.39 is 24.3 Å². The molecule has 1 aromatic heterocycles. The number of benzene rings is 1. The summed E-state index contributed by atoms with van der Waals surface area (Å²) in [6.07, 6.45) is 0. The largest absolute Gasteiger partial charge is 0.462 e. The lowest BCUT2D eigenvalue weighted by Gasteiger charge is -2.05. The third kappa shape index (κ3) is 4.28. The maximum atomic E-state index is 12.3. The van der Waals surface area contributed by atoms with Gasteiger partial charge in [0.1, 0.15) is 0 Å². The average Bonchev–Trinajstić information content (AvgIpc) is 2.88. The average molecular weight is 364 g/mol. The Kier molecular flexibility index (Phi) is 5.98. The van der Waals surface area contributed by atoms with E-state index in [9.17, 15) is 14.4 Å². The molecule has 0 spiro atoms. The second kappa shape index (κ2) is 7.98. The van der Waals surface area contributed by atoms with E-state index in [4.69, 9.17) is 21.1 Å². The standard InChI is InChI=1S/C18H18ClNO5/c1-4-24-18(23)15-10(2)16(20-11(15)3)14(21)9-25-17(22)12-5-7-13(19)8-6-12/h5-8,20H,4,9H2,1-3H3. The number of carbonyl (C=O) groups excluding carboxylic acids is 3. The molecule has 1 aromatic carbocycles. The molecule has 2 rings (SSSR count). The zero-order valence-corrected chi connectivity index (χ0v) is 14.9. The molecule has 1 N–H and O–H groups in total. The first-order valence-corrected chi connectivity index (χ1v) is 8.05. The molecule has 7 heteroatoms. The van der Waals surface area contributed by atoms with E-state index in [-0.39, 0.29) is 12.3 Å². The number of aromatic amines is 1. The van der Waals surface area contributed by atoms with Gasteiger partial charge in [-0.1, -0.05) is 11.6 Å². The van der Waals surface area contributed by atoms with Gasteiger partial charge in [-0.15, -0.1) is 0 Å². The second-order valence-electron chi connectivity index (χ2n) is 5.35. The van der Waals surface area contributed by atoms with Gasteiger partial charge >= 0.3 is 11.9 Å². The first kappa shape index (κ1) is 18.7. The molecule has 0 radical (unpaired) electrons. The van der Waals surface area contributed by atoms with Gasteiger partial charge in [0.05, 0.1) is 23.4 Å². The minimum absolute atomic E-state index is 0.226. The summed E-state index contributed by atoms with van der Waals surface area (Å²) < 4.78 is 10.0. The number of H-pyrrole nitrogens is 1. The normalized spacial score (nSPS) is 10.4. The Morgan fingerprint density at radius 2 is 1.68 bits per heavy atom. The Balaban J connectivity index is 2.08. The Bertz CT molecular complexity index is 808. The van der Waals surface area contributed by atoms with Crippen LogP contribution >= 0.6 is 11.6 Å². The Morgan fingerprint density at radius 3 is 2.28 bits per heavy atom. The quantitative estimate of drug-likeness (QED) is 0.627. The smallest absolute Gasteiger partial charge is 0.340 e. The van der Waals surface area contributed by atoms with Gasteiger partial charge in [-0.2, -0.15) is 0 Å². The van der Waals surface area contributed by atoms with Crippen LogP contribution in [0.3, 0.4) is 0 Å². The van der Waals surface area contributed by atoms with Crippen LogP contribution in [-0.4, -0.2) is 35.9 Å². The van der Waals surface area contributed by atoms with E-state index in [0.717, 1.165) is 0 Å². The number of halogens is 1. The topological polar surface area (TPSA) is 85.5 Å². The van der Waals surface area contributed by atoms with Gasteiger partial charge in [0, 0.05) is 10.7 Å². The summed E-state index contributed by atoms with van der Waals surface area (Å²) in [5, 5.41) is 0.497. The lowest BCUT2D eigenvalue weighted by atomic mass is 10.1. The van der Waals surface area contributed by atoms with Gasteiger partial charge in [-0.05, 0) is 50.6 Å². The molecular formula is C18H18ClNO5. The number of Topliss-reactive ketones (excluding diaryl/α,β-unsaturated/α-hetero) is 1. The van der Waals surface area contributed by atoms with Gasteiger partial charge in [0.15, 0.2) is 6.61 Å². The van der Waals surface area contributed by atoms with Crippen LogP contribution in [0.1, 0.15) is 49.4 Å². The number of rotatable bonds is 6. The molecule has 132 valence electrons. The van der Waals surface area contributed by atoms with Gasteiger partial charge < -0.3 is 14.5 Å². The van der Waals surface area contributed by atoms with Crippen LogP contribution in [0.4, 0.5) is 0 Å². The van der Waals surface area contributed by atoms with Crippen LogP contribution in [0.25, 0.3) is 0 Å². The minimum atomic E-state index is -0.628. The summed E-state index contributed by atoms with van der Waals surface area (Å²) in [5.74, 6) is -1.55. The number of aryl methyl sites for hydroxylation is 1. The number of hydrogen-bond acceptors (Lipinski definition) is 5. The molecule has 25 heavy (non-hydrogen) atoms. The molecule has 6 nitrogen and oxygen atoms in total. The number of carbonyl (C=O) groups is 3. The SMILES string of the molecule is CCOC(=O)c1c(C)[nH]c(C(=O)COC(=O)c2ccc(Cl)cc2)c1C. The predicted molar refractivity (Wildman–Crippen MR) is 92.3 cm³/mol. The molecule has 0 unspecified atom stereocenters. The van der Waals surface area contributed by atoms with Crippen molar-refractivity contribution in [3.63, 3.8) is 0 Å². The van der Waals surface area contributed by atoms with Crippen molar-refractivity contribution in [1.29, 1.82) is 0 Å². The van der Waals surface area contributed by atoms with Crippen LogP contribution in [0, 0.1) is 13.8 Å². The Morgan fingerprint density at radius 1 is 1.04 bits per heavy atom. The van der Waals surface area contributed by atoms with Gasteiger partial charge in [-0.25, -0.2) is 9.59 Å². The van der Waals surface area contributed by atoms with Crippen molar-refractivity contribution in [3.8, 4) is 0 Å². The lowest BCUT2D eigenvalue weighted by Crippen LogP contribution is -2.15. The fourth-order valence-corrected chi connectivity index (χ4v) is 2.54. The van der Waals surface area contributed by atoms with E-state index in [1.165, 1.54) is 12.1 Å². The Labute approximate surface area is 150 Å². The number of esters is 2. The highest BCUT2D eigenvalue weighted by atomic mass is 35.5. The molecule has 2 aromatic rings. The minimum Gasteiger partial charge on any atom is -0.462 e. The highest BCUT2D eigenvalue weighted by Crippen LogP contribution is 2.20. The zero-order chi connectivity index (χ0) is 18.6. The summed E-state index contributed by atoms with van der Waals surface area (Å²) in [7, 11) is 0. The summed E-state index contributed by atoms with van der Waals surface area (Å²) in [6.45, 7) is 4.83. The van der Waals surface area contributed by atoms with Crippen LogP contribution in [0.5, 0.6) is 0 Å². The number of ketones is 1. The molecule has 0 saturated carbocycles. The number of ether oxygens (including phenoxy) is 2. The molecule has 1 heterocycles. The highest BCUT2D eigenvalue weighted by Gasteiger charge is 2.23. The molecule has 0 aliphatic carbocycles. The lowest BCUT2D eigenvalue weighted by molar-refractivity contribution is 0.0472. The van der Waals surface area contributed by atoms with Gasteiger partial charge in [0.2, 0.25) is 5.78 Å². The van der Waals surface area contributed by atoms with Crippen molar-refractivity contribution in [2.75, 3.05) is 13.2 Å². The van der Waals surface area contributed by atoms with E-state index in [1.807, 2.05) is 0 Å². The second-order valence-corrected chi connectivity index (χ2v) is 5.79. The first-order valence-electron chi connectivity index (χ1n) is 7.67. The molecule has 0 saturated heterocycles. The monoisotopic (exact) mass is 363 g/mol. The van der Waals surface area contributed by atoms with Crippen LogP contribution in [0.2, 0.25) is 5.02 Å². The molecule has 0 fully saturated rings. The molecule has 0 bridgehead atoms. The third-order valence-electron chi connectivity index (χ3n) is 3.61. The van der Waals surface area contributed by atoms with E-state index in [2.05, 4.69) is 4.98 Å². The van der Waals surface area contributed by atoms with Crippen molar-refractivity contribution in [1.82, 2.24) is 4.98 Å². The van der Waals surface area contributed by atoms with Crippen molar-refractivity contribution < 1.29 is 23.9 Å². The van der Waals surface area contributed by atoms with E-state index in [0.29, 0.717) is 27.4 Å². The molecule has 0 amide bonds. The van der Waals surface area contributed by atoms with Gasteiger partial charge in [-0.3, -0.25) is 4.79 Å². The summed E-state index contributed by atoms with van der Waals surface area (Å²) >= 11 is 5.76. The molecule has 0 atom stereocenters. The molecule has 0 aliphatic rings. The van der Waals surface area contributed by atoms with Crippen molar-refractivity contribution >= 4 is 29.3 Å². The van der Waals surface area contributed by atoms with Crippen LogP contribution in [0.15, 0.2) is 24.3 Å². The van der Waals surface area contributed by atoms with E-state index in [1.54, 1.807) is 32.9 Å². The van der Waals surface area contributed by atoms with Crippen molar-refractivity contribution in [2.24, 2.45) is 0 Å². The van der Waals surface area contributed by atoms with Crippen molar-refractivity contribution in [2.45, 2.75) is 20.8 Å². The fourth-order valence-electron chi connectivity index (χ4n) is 2.41. The highest BCUT2D eigenvalue weighted by molar-refractivity contribution is 6.30. The van der Waals surface area contributed by atoms with Crippen LogP contribution in [-0.2, 0) is 9.47 Å². The summed E-state index contributed by atoms with van der Waals surface area (Å²) in [4.78, 5) is 39.1. The van der Waals surface area contributed by atoms with Crippen LogP contribution < -0.4 is 0 Å². The number of hydrogen-bond donors (Lipinski definition) is 1. The summed E-state index contributed by atoms with van der Waals surface area (Å²) in [5.41, 5.74) is 1.86. The number of aromatic nitrogens is 1. The predicted octanol–water partition coefficient (Wildman–Crippen LogP) is 3.50. The fraction of sp³-hybridized carbons (Fsp3) is 0.278. The number of nitrogens with one attached hydrogen (secondary N) is 1.